The summed E-state index contributed by atoms with van der Waals surface area (Å²) >= 11 is 6.56. The van der Waals surface area contributed by atoms with E-state index in [2.05, 4.69) is 38.9 Å². The molecule has 0 atom stereocenters. The molecule has 11 heteroatoms. The van der Waals surface area contributed by atoms with Crippen LogP contribution in [0, 0.1) is 0 Å². The van der Waals surface area contributed by atoms with E-state index >= 15 is 0 Å². The van der Waals surface area contributed by atoms with Crippen LogP contribution in [0.3, 0.4) is 0 Å². The predicted octanol–water partition coefficient (Wildman–Crippen LogP) is 4.72. The fourth-order valence-electron chi connectivity index (χ4n) is 5.35. The number of hydrogen-bond acceptors (Lipinski definition) is 10. The third kappa shape index (κ3) is 6.00. The van der Waals surface area contributed by atoms with Gasteiger partial charge in [0, 0.05) is 63.7 Å². The maximum atomic E-state index is 6.56. The lowest BCUT2D eigenvalue weighted by molar-refractivity contribution is 0.0261. The summed E-state index contributed by atoms with van der Waals surface area (Å²) in [5, 5.41) is 4.61. The largest absolute Gasteiger partial charge is 0.492 e. The van der Waals surface area contributed by atoms with Gasteiger partial charge in [-0.3, -0.25) is 9.80 Å². The number of ether oxygens (including phenoxy) is 5. The third-order valence-corrected chi connectivity index (χ3v) is 8.00. The van der Waals surface area contributed by atoms with E-state index in [1.165, 1.54) is 6.33 Å². The number of nitrogens with one attached hydrogen (secondary N) is 1. The zero-order valence-electron chi connectivity index (χ0n) is 23.0. The molecule has 3 aliphatic heterocycles. The molecule has 1 aromatic heterocycles. The molecule has 40 heavy (non-hydrogen) atoms. The lowest BCUT2D eigenvalue weighted by atomic mass is 10.1. The lowest BCUT2D eigenvalue weighted by Gasteiger charge is -2.36. The van der Waals surface area contributed by atoms with Gasteiger partial charge in [-0.05, 0) is 26.0 Å². The first-order chi connectivity index (χ1) is 19.5. The fourth-order valence-corrected chi connectivity index (χ4v) is 5.55. The van der Waals surface area contributed by atoms with Gasteiger partial charge in [-0.15, -0.1) is 0 Å². The molecule has 2 saturated heterocycles. The summed E-state index contributed by atoms with van der Waals surface area (Å²) in [6.45, 7) is 11.8. The van der Waals surface area contributed by atoms with Crippen LogP contribution in [0.4, 0.5) is 11.5 Å². The average Bonchev–Trinajstić information content (AvgIpc) is 3.45. The maximum absolute atomic E-state index is 6.56. The van der Waals surface area contributed by atoms with Gasteiger partial charge in [0.1, 0.15) is 42.0 Å². The molecule has 214 valence electrons. The highest BCUT2D eigenvalue weighted by atomic mass is 35.5. The Labute approximate surface area is 239 Å². The number of nitrogens with zero attached hydrogens (tertiary/aromatic N) is 4. The molecule has 2 fully saturated rings. The zero-order valence-corrected chi connectivity index (χ0v) is 23.8. The summed E-state index contributed by atoms with van der Waals surface area (Å²) in [6.07, 6.45) is 3.18. The van der Waals surface area contributed by atoms with E-state index in [0.29, 0.717) is 65.2 Å². The summed E-state index contributed by atoms with van der Waals surface area (Å²) < 4.78 is 29.6. The van der Waals surface area contributed by atoms with Gasteiger partial charge in [-0.1, -0.05) is 11.6 Å². The number of aromatic nitrogens is 2. The van der Waals surface area contributed by atoms with Crippen molar-refractivity contribution in [2.75, 3.05) is 64.7 Å². The normalized spacial score (nSPS) is 18.4. The minimum absolute atomic E-state index is 0.0267. The Morgan fingerprint density at radius 1 is 1.07 bits per heavy atom. The topological polar surface area (TPSA) is 90.4 Å². The van der Waals surface area contributed by atoms with Crippen molar-refractivity contribution in [3.05, 3.63) is 35.6 Å². The van der Waals surface area contributed by atoms with Gasteiger partial charge < -0.3 is 29.0 Å². The van der Waals surface area contributed by atoms with Gasteiger partial charge >= 0.3 is 0 Å². The number of hydrogen-bond donors (Lipinski definition) is 1. The van der Waals surface area contributed by atoms with Crippen LogP contribution < -0.4 is 24.3 Å². The van der Waals surface area contributed by atoms with Crippen LogP contribution in [0.15, 0.2) is 30.6 Å². The SMILES string of the molecule is CC(C)N1CCN(CCOc2cc(OC3CCOCC3)c3c(Nc4c(Cl)ccc5c4OCO5)ncnc3c2)CC1. The summed E-state index contributed by atoms with van der Waals surface area (Å²) in [4.78, 5) is 14.1. The molecular formula is C29H36ClN5O5. The Balaban J connectivity index is 1.25. The molecule has 0 radical (unpaired) electrons. The maximum Gasteiger partial charge on any atom is 0.231 e. The van der Waals surface area contributed by atoms with Gasteiger partial charge in [-0.2, -0.15) is 0 Å². The third-order valence-electron chi connectivity index (χ3n) is 7.68. The van der Waals surface area contributed by atoms with Crippen molar-refractivity contribution in [2.45, 2.75) is 38.8 Å². The molecule has 3 aliphatic rings. The number of rotatable bonds is 9. The quantitative estimate of drug-likeness (QED) is 0.390. The van der Waals surface area contributed by atoms with Crippen LogP contribution in [-0.4, -0.2) is 91.3 Å². The van der Waals surface area contributed by atoms with Gasteiger partial charge in [0.15, 0.2) is 11.5 Å². The van der Waals surface area contributed by atoms with Crippen molar-refractivity contribution in [2.24, 2.45) is 0 Å². The fraction of sp³-hybridized carbons (Fsp3) is 0.517. The Morgan fingerprint density at radius 3 is 2.70 bits per heavy atom. The monoisotopic (exact) mass is 569 g/mol. The van der Waals surface area contributed by atoms with Crippen molar-refractivity contribution >= 4 is 34.0 Å². The number of piperazine rings is 1. The van der Waals surface area contributed by atoms with E-state index in [4.69, 9.17) is 35.3 Å². The minimum Gasteiger partial charge on any atom is -0.492 e. The summed E-state index contributed by atoms with van der Waals surface area (Å²) in [5.74, 6) is 3.13. The Kier molecular flexibility index (Phi) is 8.29. The first-order valence-corrected chi connectivity index (χ1v) is 14.4. The van der Waals surface area contributed by atoms with E-state index in [1.54, 1.807) is 12.1 Å². The summed E-state index contributed by atoms with van der Waals surface area (Å²) in [5.41, 5.74) is 1.30. The molecule has 0 bridgehead atoms. The number of benzene rings is 2. The van der Waals surface area contributed by atoms with Crippen LogP contribution in [0.1, 0.15) is 26.7 Å². The lowest BCUT2D eigenvalue weighted by Crippen LogP contribution is -2.49. The molecule has 1 N–H and O–H groups in total. The van der Waals surface area contributed by atoms with E-state index in [1.807, 2.05) is 12.1 Å². The smallest absolute Gasteiger partial charge is 0.231 e. The molecular weight excluding hydrogens is 534 g/mol. The van der Waals surface area contributed by atoms with E-state index in [-0.39, 0.29) is 12.9 Å². The molecule has 0 spiro atoms. The highest BCUT2D eigenvalue weighted by Gasteiger charge is 2.24. The molecule has 2 aromatic carbocycles. The van der Waals surface area contributed by atoms with Crippen molar-refractivity contribution < 1.29 is 23.7 Å². The molecule has 0 amide bonds. The van der Waals surface area contributed by atoms with E-state index < -0.39 is 0 Å². The Bertz CT molecular complexity index is 1330. The molecule has 0 unspecified atom stereocenters. The van der Waals surface area contributed by atoms with E-state index in [9.17, 15) is 0 Å². The van der Waals surface area contributed by atoms with Gasteiger partial charge in [0.05, 0.1) is 29.1 Å². The predicted molar refractivity (Wildman–Crippen MR) is 154 cm³/mol. The molecule has 4 heterocycles. The molecule has 6 rings (SSSR count). The second kappa shape index (κ2) is 12.2. The summed E-state index contributed by atoms with van der Waals surface area (Å²) in [6, 6.07) is 8.04. The number of halogens is 1. The van der Waals surface area contributed by atoms with Crippen LogP contribution in [-0.2, 0) is 4.74 Å². The second-order valence-electron chi connectivity index (χ2n) is 10.6. The zero-order chi connectivity index (χ0) is 27.5. The van der Waals surface area contributed by atoms with Crippen LogP contribution in [0.25, 0.3) is 10.9 Å². The van der Waals surface area contributed by atoms with Crippen molar-refractivity contribution in [3.63, 3.8) is 0 Å². The second-order valence-corrected chi connectivity index (χ2v) is 11.0. The standard InChI is InChI=1S/C29H36ClN5O5/c1-19(2)35-9-7-34(8-10-35)11-14-37-21-15-23-26(25(16-21)40-20-5-12-36-13-6-20)29(32-17-31-23)33-27-22(30)3-4-24-28(27)39-18-38-24/h3-4,15-17,19-20H,5-14,18H2,1-2H3,(H,31,32,33). The van der Waals surface area contributed by atoms with Crippen molar-refractivity contribution in [1.29, 1.82) is 0 Å². The number of fused-ring (bicyclic) bond motifs is 2. The highest BCUT2D eigenvalue weighted by molar-refractivity contribution is 6.34. The van der Waals surface area contributed by atoms with Crippen molar-refractivity contribution in [3.8, 4) is 23.0 Å². The molecule has 0 aliphatic carbocycles. The average molecular weight is 570 g/mol. The van der Waals surface area contributed by atoms with Gasteiger partial charge in [-0.25, -0.2) is 9.97 Å². The Morgan fingerprint density at radius 2 is 1.90 bits per heavy atom. The van der Waals surface area contributed by atoms with Crippen LogP contribution in [0.2, 0.25) is 5.02 Å². The number of anilines is 2. The van der Waals surface area contributed by atoms with Crippen LogP contribution in [0.5, 0.6) is 23.0 Å². The highest BCUT2D eigenvalue weighted by Crippen LogP contribution is 2.46. The first-order valence-electron chi connectivity index (χ1n) is 14.0. The molecule has 10 nitrogen and oxygen atoms in total. The van der Waals surface area contributed by atoms with Gasteiger partial charge in [0.2, 0.25) is 6.79 Å². The van der Waals surface area contributed by atoms with Crippen LogP contribution >= 0.6 is 11.6 Å². The summed E-state index contributed by atoms with van der Waals surface area (Å²) in [7, 11) is 0. The Hall–Kier alpha value is -3.05. The van der Waals surface area contributed by atoms with Crippen molar-refractivity contribution in [1.82, 2.24) is 19.8 Å². The molecule has 0 saturated carbocycles. The van der Waals surface area contributed by atoms with E-state index in [0.717, 1.165) is 56.7 Å². The minimum atomic E-state index is 0.0267. The molecule has 3 aromatic rings. The van der Waals surface area contributed by atoms with Gasteiger partial charge in [0.25, 0.3) is 0 Å². The first kappa shape index (κ1) is 27.1.